The van der Waals surface area contributed by atoms with Gasteiger partial charge in [0, 0.05) is 72.1 Å². The van der Waals surface area contributed by atoms with Crippen LogP contribution in [0.3, 0.4) is 0 Å². The molecule has 1 N–H and O–H groups in total. The number of benzene rings is 7. The van der Waals surface area contributed by atoms with Gasteiger partial charge in [-0.25, -0.2) is 0 Å². The van der Waals surface area contributed by atoms with E-state index in [0.717, 1.165) is 83.0 Å². The molecular weight excluding hydrogens is 719 g/mol. The lowest BCUT2D eigenvalue weighted by Gasteiger charge is -2.26. The predicted molar refractivity (Wildman–Crippen MR) is 252 cm³/mol. The largest absolute Gasteiger partial charge is 0.456 e. The van der Waals surface area contributed by atoms with Crippen LogP contribution in [0.4, 0.5) is 11.4 Å². The Kier molecular flexibility index (Phi) is 7.41. The Morgan fingerprint density at radius 1 is 0.525 bits per heavy atom. The van der Waals surface area contributed by atoms with E-state index in [2.05, 4.69) is 195 Å². The Bertz CT molecular complexity index is 3370. The van der Waals surface area contributed by atoms with E-state index in [9.17, 15) is 0 Å². The zero-order chi connectivity index (χ0) is 40.7. The van der Waals surface area contributed by atoms with E-state index in [1.54, 1.807) is 0 Å². The van der Waals surface area contributed by atoms with Crippen LogP contribution in [0.1, 0.15) is 79.0 Å². The zero-order valence-corrected chi connectivity index (χ0v) is 35.4. The summed E-state index contributed by atoms with van der Waals surface area (Å²) in [4.78, 5) is 0. The van der Waals surface area contributed by atoms with Gasteiger partial charge in [0.15, 0.2) is 7.28 Å². The van der Waals surface area contributed by atoms with Gasteiger partial charge < -0.3 is 18.7 Å². The fraction of sp³-hybridized carbons (Fsp3) is 0.222. The maximum atomic E-state index is 7.18. The van der Waals surface area contributed by atoms with Crippen LogP contribution in [0.2, 0.25) is 0 Å². The van der Waals surface area contributed by atoms with Gasteiger partial charge in [-0.2, -0.15) is 0 Å². The molecule has 0 saturated carbocycles. The predicted octanol–water partition coefficient (Wildman–Crippen LogP) is 13.9. The molecule has 1 radical (unpaired) electrons. The van der Waals surface area contributed by atoms with Crippen molar-refractivity contribution in [1.82, 2.24) is 4.57 Å². The Morgan fingerprint density at radius 3 is 1.86 bits per heavy atom. The molecule has 11 rings (SSSR count). The summed E-state index contributed by atoms with van der Waals surface area (Å²) >= 11 is 0. The quantitative estimate of drug-likeness (QED) is 0.182. The molecule has 59 heavy (non-hydrogen) atoms. The van der Waals surface area contributed by atoms with E-state index >= 15 is 0 Å². The highest BCUT2D eigenvalue weighted by molar-refractivity contribution is 6.74. The average Bonchev–Trinajstić information content (AvgIpc) is 3.86. The van der Waals surface area contributed by atoms with Crippen molar-refractivity contribution in [2.75, 3.05) is 5.32 Å². The number of fused-ring (bicyclic) bond motifs is 12. The minimum absolute atomic E-state index is 0.0351. The molecule has 0 atom stereocenters. The highest BCUT2D eigenvalue weighted by atomic mass is 16.3. The molecule has 7 aromatic carbocycles. The van der Waals surface area contributed by atoms with Crippen LogP contribution < -0.4 is 16.2 Å². The first-order valence-corrected chi connectivity index (χ1v) is 20.9. The first kappa shape index (κ1) is 35.9. The van der Waals surface area contributed by atoms with Crippen molar-refractivity contribution in [2.45, 2.75) is 78.6 Å². The first-order valence-electron chi connectivity index (χ1n) is 20.9. The van der Waals surface area contributed by atoms with Crippen molar-refractivity contribution in [3.63, 3.8) is 0 Å². The second-order valence-electron chi connectivity index (χ2n) is 19.7. The summed E-state index contributed by atoms with van der Waals surface area (Å²) in [5, 5.41) is 10.8. The fourth-order valence-corrected chi connectivity index (χ4v) is 9.41. The molecular formula is C54H48BN2O2. The van der Waals surface area contributed by atoms with Crippen molar-refractivity contribution in [2.24, 2.45) is 0 Å². The lowest BCUT2D eigenvalue weighted by molar-refractivity contribution is 0.590. The van der Waals surface area contributed by atoms with Gasteiger partial charge in [-0.1, -0.05) is 135 Å². The van der Waals surface area contributed by atoms with Crippen molar-refractivity contribution in [3.8, 4) is 16.8 Å². The van der Waals surface area contributed by atoms with Crippen LogP contribution in [0, 0.1) is 0 Å². The van der Waals surface area contributed by atoms with E-state index in [-0.39, 0.29) is 16.2 Å². The summed E-state index contributed by atoms with van der Waals surface area (Å²) in [6.07, 6.45) is 0. The summed E-state index contributed by atoms with van der Waals surface area (Å²) in [7, 11) is 2.41. The molecule has 0 amide bonds. The van der Waals surface area contributed by atoms with E-state index in [1.807, 2.05) is 6.07 Å². The molecule has 0 unspecified atom stereocenters. The van der Waals surface area contributed by atoms with Gasteiger partial charge in [0.2, 0.25) is 0 Å². The minimum Gasteiger partial charge on any atom is -0.456 e. The van der Waals surface area contributed by atoms with Gasteiger partial charge in [0.25, 0.3) is 0 Å². The third kappa shape index (κ3) is 5.43. The van der Waals surface area contributed by atoms with Gasteiger partial charge >= 0.3 is 0 Å². The summed E-state index contributed by atoms with van der Waals surface area (Å²) in [6.45, 7) is 20.6. The summed E-state index contributed by atoms with van der Waals surface area (Å²) in [6, 6.07) is 44.4. The van der Waals surface area contributed by atoms with Crippen molar-refractivity contribution in [1.29, 1.82) is 0 Å². The Labute approximate surface area is 346 Å². The number of furan rings is 2. The number of hydrogen-bond donors (Lipinski definition) is 1. The second-order valence-corrected chi connectivity index (χ2v) is 19.7. The number of rotatable bonds is 3. The smallest absolute Gasteiger partial charge is 0.198 e. The Balaban J connectivity index is 1.30. The van der Waals surface area contributed by atoms with E-state index < -0.39 is 0 Å². The van der Waals surface area contributed by atoms with Crippen molar-refractivity contribution in [3.05, 3.63) is 138 Å². The lowest BCUT2D eigenvalue weighted by atomic mass is 9.58. The molecule has 0 fully saturated rings. The molecule has 1 aliphatic rings. The van der Waals surface area contributed by atoms with Gasteiger partial charge in [-0.3, -0.25) is 0 Å². The van der Waals surface area contributed by atoms with Gasteiger partial charge in [0.1, 0.15) is 22.3 Å². The highest BCUT2D eigenvalue weighted by Crippen LogP contribution is 2.48. The Hall–Kier alpha value is -6.20. The van der Waals surface area contributed by atoms with E-state index in [0.29, 0.717) is 0 Å². The molecule has 5 heteroatoms. The monoisotopic (exact) mass is 767 g/mol. The van der Waals surface area contributed by atoms with Crippen LogP contribution in [0.5, 0.6) is 0 Å². The maximum Gasteiger partial charge on any atom is 0.198 e. The Morgan fingerprint density at radius 2 is 1.15 bits per heavy atom. The molecule has 0 saturated heterocycles. The number of hydrogen-bond acceptors (Lipinski definition) is 3. The minimum atomic E-state index is -0.0848. The number of para-hydroxylation sites is 2. The van der Waals surface area contributed by atoms with E-state index in [1.165, 1.54) is 38.5 Å². The number of anilines is 2. The van der Waals surface area contributed by atoms with Crippen LogP contribution >= 0.6 is 0 Å². The summed E-state index contributed by atoms with van der Waals surface area (Å²) < 4.78 is 16.2. The van der Waals surface area contributed by atoms with Crippen molar-refractivity contribution < 1.29 is 8.83 Å². The normalized spacial score (nSPS) is 13.3. The van der Waals surface area contributed by atoms with Gasteiger partial charge in [-0.05, 0) is 86.9 Å². The lowest BCUT2D eigenvalue weighted by Crippen LogP contribution is -2.37. The van der Waals surface area contributed by atoms with Gasteiger partial charge in [-0.15, -0.1) is 0 Å². The molecule has 0 aliphatic carbocycles. The average molecular weight is 768 g/mol. The standard InChI is InChI=1S/C54H48BN2O2/c1-52(2,3)30-18-22-33(23-19-30)56-40-24-20-31(53(4,5)6)26-37(40)48-49-50-46(47-35-15-11-13-17-44(35)59-51(47)48)38-27-32(54(7,8)9)21-25-41(38)57(50)42-29-45-36(28-39(42)55-49)34-14-10-12-16-43(34)58-45/h10-29,56H,1-9H3. The molecule has 0 bridgehead atoms. The van der Waals surface area contributed by atoms with Crippen LogP contribution in [0.25, 0.3) is 82.5 Å². The van der Waals surface area contributed by atoms with Gasteiger partial charge in [0.05, 0.1) is 5.52 Å². The number of aromatic nitrogens is 1. The van der Waals surface area contributed by atoms with Crippen molar-refractivity contribution >= 4 is 95.3 Å². The zero-order valence-electron chi connectivity index (χ0n) is 35.4. The SMILES string of the molecule is CC(C)(C)c1ccc(Nc2ccc(C(C)(C)C)cc2-c2c3c4c(c5cc(C(C)(C)C)ccc5n4-c4cc5oc6ccccc6c5cc4[B]3)c3c2oc2ccccc23)cc1. The first-order chi connectivity index (χ1) is 28.1. The number of nitrogens with zero attached hydrogens (tertiary/aromatic N) is 1. The van der Waals surface area contributed by atoms with E-state index in [4.69, 9.17) is 8.83 Å². The summed E-state index contributed by atoms with van der Waals surface area (Å²) in [5.74, 6) is 0. The maximum absolute atomic E-state index is 7.18. The molecule has 4 nitrogen and oxygen atoms in total. The molecule has 3 aromatic heterocycles. The summed E-state index contributed by atoms with van der Waals surface area (Å²) in [5.41, 5.74) is 17.4. The number of nitrogens with one attached hydrogen (secondary N) is 1. The second kappa shape index (κ2) is 12.2. The topological polar surface area (TPSA) is 43.2 Å². The molecule has 10 aromatic rings. The third-order valence-electron chi connectivity index (χ3n) is 12.7. The highest BCUT2D eigenvalue weighted by Gasteiger charge is 2.33. The molecule has 4 heterocycles. The van der Waals surface area contributed by atoms with Crippen LogP contribution in [-0.2, 0) is 16.2 Å². The fourth-order valence-electron chi connectivity index (χ4n) is 9.41. The third-order valence-corrected chi connectivity index (χ3v) is 12.7. The molecule has 1 aliphatic heterocycles. The van der Waals surface area contributed by atoms with Crippen LogP contribution in [-0.4, -0.2) is 11.8 Å². The van der Waals surface area contributed by atoms with Crippen LogP contribution in [0.15, 0.2) is 130 Å². The molecule has 0 spiro atoms. The molecule has 289 valence electrons.